The first-order chi connectivity index (χ1) is 9.13. The fourth-order valence-corrected chi connectivity index (χ4v) is 2.39. The van der Waals surface area contributed by atoms with Crippen LogP contribution in [0.3, 0.4) is 0 Å². The maximum Gasteiger partial charge on any atom is 0.163 e. The lowest BCUT2D eigenvalue weighted by molar-refractivity contribution is -0.0844. The lowest BCUT2D eigenvalue weighted by atomic mass is 9.79. The third-order valence-electron chi connectivity index (χ3n) is 3.71. The van der Waals surface area contributed by atoms with Gasteiger partial charge < -0.3 is 10.5 Å². The van der Waals surface area contributed by atoms with E-state index in [1.165, 1.54) is 0 Å². The first-order valence-corrected chi connectivity index (χ1v) is 6.32. The maximum atomic E-state index is 5.90. The van der Waals surface area contributed by atoms with Crippen molar-refractivity contribution in [1.29, 1.82) is 0 Å². The highest BCUT2D eigenvalue weighted by molar-refractivity contribution is 5.60. The second-order valence-corrected chi connectivity index (χ2v) is 4.96. The molecule has 1 saturated carbocycles. The van der Waals surface area contributed by atoms with Gasteiger partial charge in [0.25, 0.3) is 0 Å². The van der Waals surface area contributed by atoms with E-state index in [0.717, 1.165) is 30.5 Å². The molecule has 2 heterocycles. The van der Waals surface area contributed by atoms with Gasteiger partial charge in [0.2, 0.25) is 0 Å². The summed E-state index contributed by atoms with van der Waals surface area (Å²) in [5.74, 6) is 1.15. The predicted octanol–water partition coefficient (Wildman–Crippen LogP) is 1.48. The molecule has 0 saturated heterocycles. The number of nitrogens with two attached hydrogens (primary N) is 1. The Kier molecular flexibility index (Phi) is 2.74. The number of nitrogen functional groups attached to an aromatic ring is 1. The molecule has 6 heteroatoms. The Hall–Kier alpha value is -1.95. The SMILES string of the molecule is COC1(c2nc(N)cc(-c3cnn(C)c3)n2)CCC1. The van der Waals surface area contributed by atoms with Crippen molar-refractivity contribution >= 4 is 5.82 Å². The van der Waals surface area contributed by atoms with E-state index in [1.807, 2.05) is 13.2 Å². The minimum Gasteiger partial charge on any atom is -0.384 e. The molecule has 0 atom stereocenters. The van der Waals surface area contributed by atoms with E-state index in [9.17, 15) is 0 Å². The molecule has 0 aromatic carbocycles. The molecule has 1 aliphatic rings. The first-order valence-electron chi connectivity index (χ1n) is 6.32. The van der Waals surface area contributed by atoms with E-state index in [2.05, 4.69) is 15.1 Å². The number of aromatic nitrogens is 4. The summed E-state index contributed by atoms with van der Waals surface area (Å²) in [4.78, 5) is 8.96. The van der Waals surface area contributed by atoms with Crippen molar-refractivity contribution in [2.24, 2.45) is 7.05 Å². The van der Waals surface area contributed by atoms with Crippen molar-refractivity contribution in [3.8, 4) is 11.3 Å². The Balaban J connectivity index is 2.05. The highest BCUT2D eigenvalue weighted by atomic mass is 16.5. The third kappa shape index (κ3) is 1.98. The molecule has 6 nitrogen and oxygen atoms in total. The molecule has 0 bridgehead atoms. The van der Waals surface area contributed by atoms with Gasteiger partial charge in [-0.15, -0.1) is 0 Å². The number of nitrogens with zero attached hydrogens (tertiary/aromatic N) is 4. The van der Waals surface area contributed by atoms with Crippen LogP contribution in [0.15, 0.2) is 18.5 Å². The largest absolute Gasteiger partial charge is 0.384 e. The molecule has 0 aliphatic heterocycles. The van der Waals surface area contributed by atoms with Gasteiger partial charge in [-0.2, -0.15) is 5.10 Å². The van der Waals surface area contributed by atoms with Crippen LogP contribution >= 0.6 is 0 Å². The molecular formula is C13H17N5O. The van der Waals surface area contributed by atoms with Crippen LogP contribution in [0.2, 0.25) is 0 Å². The number of aryl methyl sites for hydroxylation is 1. The smallest absolute Gasteiger partial charge is 0.163 e. The quantitative estimate of drug-likeness (QED) is 0.903. The van der Waals surface area contributed by atoms with Crippen LogP contribution in [-0.4, -0.2) is 26.9 Å². The van der Waals surface area contributed by atoms with Crippen LogP contribution in [0.4, 0.5) is 5.82 Å². The molecule has 2 aromatic rings. The lowest BCUT2D eigenvalue weighted by Crippen LogP contribution is -2.38. The van der Waals surface area contributed by atoms with E-state index in [4.69, 9.17) is 10.5 Å². The predicted molar refractivity (Wildman–Crippen MR) is 71.2 cm³/mol. The summed E-state index contributed by atoms with van der Waals surface area (Å²) in [6.07, 6.45) is 6.70. The molecule has 1 fully saturated rings. The van der Waals surface area contributed by atoms with Crippen LogP contribution in [0.1, 0.15) is 25.1 Å². The Bertz CT molecular complexity index is 597. The van der Waals surface area contributed by atoms with E-state index >= 15 is 0 Å². The molecule has 2 aromatic heterocycles. The monoisotopic (exact) mass is 259 g/mol. The Morgan fingerprint density at radius 2 is 2.16 bits per heavy atom. The Labute approximate surface area is 111 Å². The fraction of sp³-hybridized carbons (Fsp3) is 0.462. The molecule has 0 radical (unpaired) electrons. The molecule has 100 valence electrons. The molecule has 2 N–H and O–H groups in total. The van der Waals surface area contributed by atoms with E-state index < -0.39 is 0 Å². The summed E-state index contributed by atoms with van der Waals surface area (Å²) in [7, 11) is 3.58. The van der Waals surface area contributed by atoms with Gasteiger partial charge in [-0.3, -0.25) is 4.68 Å². The topological polar surface area (TPSA) is 78.9 Å². The zero-order chi connectivity index (χ0) is 13.5. The maximum absolute atomic E-state index is 5.90. The second-order valence-electron chi connectivity index (χ2n) is 4.96. The first kappa shape index (κ1) is 12.1. The summed E-state index contributed by atoms with van der Waals surface area (Å²) < 4.78 is 7.35. The zero-order valence-corrected chi connectivity index (χ0v) is 11.1. The summed E-state index contributed by atoms with van der Waals surface area (Å²) in [5, 5.41) is 4.15. The number of rotatable bonds is 3. The molecule has 3 rings (SSSR count). The molecule has 0 unspecified atom stereocenters. The highest BCUT2D eigenvalue weighted by Gasteiger charge is 2.42. The number of methoxy groups -OCH3 is 1. The van der Waals surface area contributed by atoms with E-state index in [0.29, 0.717) is 11.6 Å². The van der Waals surface area contributed by atoms with Crippen molar-refractivity contribution in [2.75, 3.05) is 12.8 Å². The second kappa shape index (κ2) is 4.31. The summed E-state index contributed by atoms with van der Waals surface area (Å²) in [6.45, 7) is 0. The molecule has 19 heavy (non-hydrogen) atoms. The molecular weight excluding hydrogens is 242 g/mol. The number of anilines is 1. The standard InChI is InChI=1S/C13H17N5O/c1-18-8-9(7-15-18)10-6-11(14)17-12(16-10)13(19-2)4-3-5-13/h6-8H,3-5H2,1-2H3,(H2,14,16,17). The Morgan fingerprint density at radius 3 is 2.68 bits per heavy atom. The van der Waals surface area contributed by atoms with Crippen molar-refractivity contribution < 1.29 is 4.74 Å². The van der Waals surface area contributed by atoms with E-state index in [-0.39, 0.29) is 5.60 Å². The van der Waals surface area contributed by atoms with Gasteiger partial charge in [-0.05, 0) is 19.3 Å². The van der Waals surface area contributed by atoms with Crippen molar-refractivity contribution in [1.82, 2.24) is 19.7 Å². The summed E-state index contributed by atoms with van der Waals surface area (Å²) in [5.41, 5.74) is 7.27. The van der Waals surface area contributed by atoms with Gasteiger partial charge in [0.15, 0.2) is 5.82 Å². The minimum absolute atomic E-state index is 0.355. The minimum atomic E-state index is -0.355. The average molecular weight is 259 g/mol. The number of hydrogen-bond donors (Lipinski definition) is 1. The van der Waals surface area contributed by atoms with Gasteiger partial charge in [0, 0.05) is 32.0 Å². The lowest BCUT2D eigenvalue weighted by Gasteiger charge is -2.38. The van der Waals surface area contributed by atoms with Crippen LogP contribution in [0.25, 0.3) is 11.3 Å². The fourth-order valence-electron chi connectivity index (χ4n) is 2.39. The highest BCUT2D eigenvalue weighted by Crippen LogP contribution is 2.43. The van der Waals surface area contributed by atoms with Crippen LogP contribution < -0.4 is 5.73 Å². The van der Waals surface area contributed by atoms with Crippen LogP contribution in [0.5, 0.6) is 0 Å². The van der Waals surface area contributed by atoms with Crippen LogP contribution in [-0.2, 0) is 17.4 Å². The van der Waals surface area contributed by atoms with Gasteiger partial charge in [-0.25, -0.2) is 9.97 Å². The number of hydrogen-bond acceptors (Lipinski definition) is 5. The van der Waals surface area contributed by atoms with Crippen molar-refractivity contribution in [2.45, 2.75) is 24.9 Å². The van der Waals surface area contributed by atoms with Gasteiger partial charge in [0.1, 0.15) is 11.4 Å². The van der Waals surface area contributed by atoms with Crippen molar-refractivity contribution in [3.63, 3.8) is 0 Å². The Morgan fingerprint density at radius 1 is 1.37 bits per heavy atom. The zero-order valence-electron chi connectivity index (χ0n) is 11.1. The molecule has 0 amide bonds. The van der Waals surface area contributed by atoms with Gasteiger partial charge in [-0.1, -0.05) is 0 Å². The van der Waals surface area contributed by atoms with Crippen LogP contribution in [0, 0.1) is 0 Å². The average Bonchev–Trinajstić information content (AvgIpc) is 2.75. The third-order valence-corrected chi connectivity index (χ3v) is 3.71. The van der Waals surface area contributed by atoms with Crippen molar-refractivity contribution in [3.05, 3.63) is 24.3 Å². The number of ether oxygens (including phenoxy) is 1. The summed E-state index contributed by atoms with van der Waals surface area (Å²) >= 11 is 0. The van der Waals surface area contributed by atoms with Gasteiger partial charge in [0.05, 0.1) is 11.9 Å². The van der Waals surface area contributed by atoms with Gasteiger partial charge >= 0.3 is 0 Å². The molecule has 0 spiro atoms. The normalized spacial score (nSPS) is 17.2. The summed E-state index contributed by atoms with van der Waals surface area (Å²) in [6, 6.07) is 1.77. The van der Waals surface area contributed by atoms with E-state index in [1.54, 1.807) is 24.1 Å². The molecule has 1 aliphatic carbocycles.